The Labute approximate surface area is 112 Å². The monoisotopic (exact) mass is 249 g/mol. The van der Waals surface area contributed by atoms with E-state index in [9.17, 15) is 0 Å². The molecule has 3 nitrogen and oxygen atoms in total. The summed E-state index contributed by atoms with van der Waals surface area (Å²) >= 11 is 0. The lowest BCUT2D eigenvalue weighted by Gasteiger charge is -2.13. The number of benzene rings is 1. The lowest BCUT2D eigenvalue weighted by atomic mass is 9.99. The topological polar surface area (TPSA) is 51.8 Å². The van der Waals surface area contributed by atoms with Crippen LogP contribution in [0.5, 0.6) is 0 Å². The maximum atomic E-state index is 6.32. The van der Waals surface area contributed by atoms with E-state index in [-0.39, 0.29) is 6.04 Å². The van der Waals surface area contributed by atoms with Gasteiger partial charge in [0.1, 0.15) is 0 Å². The van der Waals surface area contributed by atoms with E-state index in [4.69, 9.17) is 5.73 Å². The van der Waals surface area contributed by atoms with Crippen molar-refractivity contribution >= 4 is 10.9 Å². The zero-order chi connectivity index (χ0) is 13.2. The number of nitrogens with zero attached hydrogens (tertiary/aromatic N) is 2. The van der Waals surface area contributed by atoms with Crippen molar-refractivity contribution in [3.63, 3.8) is 0 Å². The Kier molecular flexibility index (Phi) is 2.97. The molecule has 0 radical (unpaired) electrons. The summed E-state index contributed by atoms with van der Waals surface area (Å²) in [6, 6.07) is 12.0. The van der Waals surface area contributed by atoms with Crippen molar-refractivity contribution in [3.05, 3.63) is 71.7 Å². The number of aryl methyl sites for hydroxylation is 1. The van der Waals surface area contributed by atoms with Crippen LogP contribution in [0.1, 0.15) is 22.7 Å². The highest BCUT2D eigenvalue weighted by Gasteiger charge is 2.10. The first kappa shape index (κ1) is 11.8. The molecular weight excluding hydrogens is 234 g/mol. The van der Waals surface area contributed by atoms with Gasteiger partial charge in [-0.1, -0.05) is 18.2 Å². The van der Waals surface area contributed by atoms with Crippen LogP contribution in [0, 0.1) is 6.92 Å². The van der Waals surface area contributed by atoms with Gasteiger partial charge in [0.25, 0.3) is 0 Å². The first-order chi connectivity index (χ1) is 9.24. The van der Waals surface area contributed by atoms with Gasteiger partial charge in [-0.2, -0.15) is 0 Å². The van der Waals surface area contributed by atoms with Crippen LogP contribution in [0.2, 0.25) is 0 Å². The summed E-state index contributed by atoms with van der Waals surface area (Å²) in [7, 11) is 0. The fourth-order valence-electron chi connectivity index (χ4n) is 2.23. The Morgan fingerprint density at radius 1 is 1.05 bits per heavy atom. The predicted octanol–water partition coefficient (Wildman–Crippen LogP) is 2.99. The van der Waals surface area contributed by atoms with Crippen LogP contribution in [0.3, 0.4) is 0 Å². The summed E-state index contributed by atoms with van der Waals surface area (Å²) in [5.41, 5.74) is 10.5. The standard InChI is InChI=1S/C16H15N3/c1-11-7-14(10-18-9-11)16(17)13-4-5-15-12(8-13)3-2-6-19-15/h2-10,16H,17H2,1H3. The van der Waals surface area contributed by atoms with Crippen LogP contribution in [0.4, 0.5) is 0 Å². The maximum Gasteiger partial charge on any atom is 0.0702 e. The number of rotatable bonds is 2. The van der Waals surface area contributed by atoms with Crippen molar-refractivity contribution in [2.24, 2.45) is 5.73 Å². The average Bonchev–Trinajstić information content (AvgIpc) is 2.46. The molecule has 0 fully saturated rings. The van der Waals surface area contributed by atoms with E-state index >= 15 is 0 Å². The van der Waals surface area contributed by atoms with E-state index in [2.05, 4.69) is 22.1 Å². The molecule has 2 heterocycles. The average molecular weight is 249 g/mol. The van der Waals surface area contributed by atoms with Crippen molar-refractivity contribution in [2.75, 3.05) is 0 Å². The Bertz CT molecular complexity index is 722. The fourth-order valence-corrected chi connectivity index (χ4v) is 2.23. The third-order valence-corrected chi connectivity index (χ3v) is 3.24. The van der Waals surface area contributed by atoms with Crippen molar-refractivity contribution < 1.29 is 0 Å². The molecule has 0 bridgehead atoms. The lowest BCUT2D eigenvalue weighted by molar-refractivity contribution is 0.862. The van der Waals surface area contributed by atoms with E-state index in [0.29, 0.717) is 0 Å². The molecule has 0 saturated heterocycles. The normalized spacial score (nSPS) is 12.5. The minimum atomic E-state index is -0.156. The van der Waals surface area contributed by atoms with Gasteiger partial charge in [-0.15, -0.1) is 0 Å². The smallest absolute Gasteiger partial charge is 0.0702 e. The quantitative estimate of drug-likeness (QED) is 0.759. The molecule has 0 amide bonds. The Balaban J connectivity index is 2.04. The third kappa shape index (κ3) is 2.33. The van der Waals surface area contributed by atoms with Crippen LogP contribution in [-0.4, -0.2) is 9.97 Å². The number of pyridine rings is 2. The van der Waals surface area contributed by atoms with Crippen molar-refractivity contribution in [2.45, 2.75) is 13.0 Å². The van der Waals surface area contributed by atoms with Gasteiger partial charge < -0.3 is 5.73 Å². The zero-order valence-electron chi connectivity index (χ0n) is 10.7. The molecule has 94 valence electrons. The molecule has 2 aromatic heterocycles. The molecule has 0 aliphatic rings. The van der Waals surface area contributed by atoms with E-state index in [0.717, 1.165) is 27.6 Å². The number of hydrogen-bond donors (Lipinski definition) is 1. The van der Waals surface area contributed by atoms with Gasteiger partial charge in [-0.25, -0.2) is 0 Å². The van der Waals surface area contributed by atoms with Crippen LogP contribution in [0.25, 0.3) is 10.9 Å². The largest absolute Gasteiger partial charge is 0.320 e. The zero-order valence-corrected chi connectivity index (χ0v) is 10.7. The van der Waals surface area contributed by atoms with Gasteiger partial charge in [0.2, 0.25) is 0 Å². The molecule has 1 aromatic carbocycles. The van der Waals surface area contributed by atoms with E-state index in [1.165, 1.54) is 0 Å². The second kappa shape index (κ2) is 4.78. The van der Waals surface area contributed by atoms with Gasteiger partial charge in [0.15, 0.2) is 0 Å². The molecule has 0 aliphatic heterocycles. The summed E-state index contributed by atoms with van der Waals surface area (Å²) in [6.07, 6.45) is 5.46. The summed E-state index contributed by atoms with van der Waals surface area (Å²) in [5.74, 6) is 0. The number of hydrogen-bond acceptors (Lipinski definition) is 3. The second-order valence-electron chi connectivity index (χ2n) is 4.73. The number of nitrogens with two attached hydrogens (primary N) is 1. The minimum Gasteiger partial charge on any atom is -0.320 e. The van der Waals surface area contributed by atoms with E-state index in [1.807, 2.05) is 43.6 Å². The highest BCUT2D eigenvalue weighted by atomic mass is 14.7. The Morgan fingerprint density at radius 3 is 2.79 bits per heavy atom. The lowest BCUT2D eigenvalue weighted by Crippen LogP contribution is -2.12. The molecule has 3 rings (SSSR count). The Morgan fingerprint density at radius 2 is 1.95 bits per heavy atom. The molecule has 0 saturated carbocycles. The fraction of sp³-hybridized carbons (Fsp3) is 0.125. The van der Waals surface area contributed by atoms with E-state index < -0.39 is 0 Å². The predicted molar refractivity (Wildman–Crippen MR) is 76.7 cm³/mol. The van der Waals surface area contributed by atoms with Crippen LogP contribution < -0.4 is 5.73 Å². The third-order valence-electron chi connectivity index (χ3n) is 3.24. The minimum absolute atomic E-state index is 0.156. The molecule has 3 aromatic rings. The van der Waals surface area contributed by atoms with Crippen LogP contribution in [-0.2, 0) is 0 Å². The first-order valence-electron chi connectivity index (χ1n) is 6.26. The summed E-state index contributed by atoms with van der Waals surface area (Å²) in [5, 5.41) is 1.11. The van der Waals surface area contributed by atoms with E-state index in [1.54, 1.807) is 6.20 Å². The van der Waals surface area contributed by atoms with Crippen LogP contribution >= 0.6 is 0 Å². The number of fused-ring (bicyclic) bond motifs is 1. The van der Waals surface area contributed by atoms with Gasteiger partial charge in [0.05, 0.1) is 11.6 Å². The van der Waals surface area contributed by atoms with Crippen molar-refractivity contribution in [1.29, 1.82) is 0 Å². The summed E-state index contributed by atoms with van der Waals surface area (Å²) < 4.78 is 0. The molecule has 1 atom stereocenters. The van der Waals surface area contributed by atoms with Gasteiger partial charge in [-0.05, 0) is 41.8 Å². The molecule has 19 heavy (non-hydrogen) atoms. The molecule has 3 heteroatoms. The molecule has 0 spiro atoms. The highest BCUT2D eigenvalue weighted by Crippen LogP contribution is 2.22. The molecule has 1 unspecified atom stereocenters. The van der Waals surface area contributed by atoms with Gasteiger partial charge in [-0.3, -0.25) is 9.97 Å². The number of aromatic nitrogens is 2. The van der Waals surface area contributed by atoms with Crippen molar-refractivity contribution in [1.82, 2.24) is 9.97 Å². The maximum absolute atomic E-state index is 6.32. The van der Waals surface area contributed by atoms with Gasteiger partial charge >= 0.3 is 0 Å². The molecular formula is C16H15N3. The Hall–Kier alpha value is -2.26. The SMILES string of the molecule is Cc1cncc(C(N)c2ccc3ncccc3c2)c1. The summed E-state index contributed by atoms with van der Waals surface area (Å²) in [4.78, 5) is 8.52. The second-order valence-corrected chi connectivity index (χ2v) is 4.73. The van der Waals surface area contributed by atoms with Crippen LogP contribution in [0.15, 0.2) is 55.0 Å². The first-order valence-corrected chi connectivity index (χ1v) is 6.26. The molecule has 0 aliphatic carbocycles. The van der Waals surface area contributed by atoms with Crippen molar-refractivity contribution in [3.8, 4) is 0 Å². The van der Waals surface area contributed by atoms with Gasteiger partial charge in [0, 0.05) is 24.0 Å². The molecule has 2 N–H and O–H groups in total. The highest BCUT2D eigenvalue weighted by molar-refractivity contribution is 5.79. The summed E-state index contributed by atoms with van der Waals surface area (Å²) in [6.45, 7) is 2.02.